The van der Waals surface area contributed by atoms with Crippen LogP contribution in [-0.2, 0) is 18.4 Å². The predicted molar refractivity (Wildman–Crippen MR) is 92.6 cm³/mol. The van der Waals surface area contributed by atoms with Gasteiger partial charge in [0.15, 0.2) is 0 Å². The topological polar surface area (TPSA) is 46.9 Å². The average Bonchev–Trinajstić information content (AvgIpc) is 2.89. The van der Waals surface area contributed by atoms with Crippen LogP contribution in [0.4, 0.5) is 4.39 Å². The van der Waals surface area contributed by atoms with Gasteiger partial charge in [-0.25, -0.2) is 9.37 Å². The number of aromatic nitrogens is 2. The van der Waals surface area contributed by atoms with Gasteiger partial charge in [-0.2, -0.15) is 0 Å². The lowest BCUT2D eigenvalue weighted by atomic mass is 10.1. The van der Waals surface area contributed by atoms with Crippen molar-refractivity contribution in [2.75, 3.05) is 0 Å². The number of nitrogens with zero attached hydrogens (tertiary/aromatic N) is 2. The van der Waals surface area contributed by atoms with Crippen molar-refractivity contribution >= 4 is 22.5 Å². The highest BCUT2D eigenvalue weighted by Gasteiger charge is 2.09. The highest BCUT2D eigenvalue weighted by atomic mass is 19.1. The zero-order valence-electron chi connectivity index (χ0n) is 13.6. The lowest BCUT2D eigenvalue weighted by molar-refractivity contribution is -0.116. The Morgan fingerprint density at radius 1 is 1.25 bits per heavy atom. The third kappa shape index (κ3) is 3.35. The molecular weight excluding hydrogens is 305 g/mol. The molecule has 1 amide bonds. The number of benzene rings is 2. The molecule has 1 heterocycles. The number of carbonyl (C=O) groups excluding carboxylic acids is 1. The monoisotopic (exact) mass is 323 g/mol. The van der Waals surface area contributed by atoms with Crippen LogP contribution >= 0.6 is 0 Å². The molecule has 1 N–H and O–H groups in total. The van der Waals surface area contributed by atoms with Crippen molar-refractivity contribution in [2.24, 2.45) is 7.05 Å². The number of allylic oxidation sites excluding steroid dienone is 1. The van der Waals surface area contributed by atoms with E-state index in [1.807, 2.05) is 37.3 Å². The molecule has 5 heteroatoms. The molecule has 0 aliphatic heterocycles. The number of aryl methyl sites for hydroxylation is 1. The minimum atomic E-state index is -0.303. The fourth-order valence-corrected chi connectivity index (χ4v) is 2.57. The zero-order valence-corrected chi connectivity index (χ0v) is 13.6. The first-order valence-corrected chi connectivity index (χ1v) is 7.67. The van der Waals surface area contributed by atoms with Gasteiger partial charge in [-0.3, -0.25) is 4.79 Å². The Hall–Kier alpha value is -2.95. The van der Waals surface area contributed by atoms with Gasteiger partial charge in [0.25, 0.3) is 0 Å². The number of imidazole rings is 1. The van der Waals surface area contributed by atoms with Gasteiger partial charge < -0.3 is 9.88 Å². The van der Waals surface area contributed by atoms with Gasteiger partial charge in [0, 0.05) is 13.1 Å². The number of halogens is 1. The molecule has 0 atom stereocenters. The number of rotatable bonds is 4. The molecule has 3 rings (SSSR count). The summed E-state index contributed by atoms with van der Waals surface area (Å²) in [6.07, 6.45) is 1.57. The average molecular weight is 323 g/mol. The molecule has 24 heavy (non-hydrogen) atoms. The fourth-order valence-electron chi connectivity index (χ4n) is 2.57. The number of carbonyl (C=O) groups is 1. The predicted octanol–water partition coefficient (Wildman–Crippen LogP) is 3.43. The smallest absolute Gasteiger partial charge is 0.244 e. The van der Waals surface area contributed by atoms with Gasteiger partial charge in [0.1, 0.15) is 11.6 Å². The third-order valence-electron chi connectivity index (χ3n) is 3.93. The summed E-state index contributed by atoms with van der Waals surface area (Å²) >= 11 is 0. The first kappa shape index (κ1) is 15.9. The highest BCUT2D eigenvalue weighted by Crippen LogP contribution is 2.16. The maximum absolute atomic E-state index is 13.3. The van der Waals surface area contributed by atoms with E-state index < -0.39 is 0 Å². The van der Waals surface area contributed by atoms with Crippen molar-refractivity contribution in [3.05, 3.63) is 71.8 Å². The van der Waals surface area contributed by atoms with E-state index in [2.05, 4.69) is 10.3 Å². The van der Waals surface area contributed by atoms with E-state index in [9.17, 15) is 9.18 Å². The highest BCUT2D eigenvalue weighted by molar-refractivity contribution is 5.94. The second kappa shape index (κ2) is 6.66. The molecule has 4 nitrogen and oxygen atoms in total. The molecule has 0 fully saturated rings. The molecule has 0 unspecified atom stereocenters. The molecule has 0 saturated carbocycles. The summed E-state index contributed by atoms with van der Waals surface area (Å²) in [4.78, 5) is 16.5. The molecule has 122 valence electrons. The summed E-state index contributed by atoms with van der Waals surface area (Å²) < 4.78 is 15.1. The van der Waals surface area contributed by atoms with Crippen LogP contribution in [-0.4, -0.2) is 15.5 Å². The quantitative estimate of drug-likeness (QED) is 0.748. The van der Waals surface area contributed by atoms with Crippen LogP contribution in [0.2, 0.25) is 0 Å². The first-order valence-electron chi connectivity index (χ1n) is 7.67. The number of hydrogen-bond donors (Lipinski definition) is 1. The van der Waals surface area contributed by atoms with E-state index in [4.69, 9.17) is 0 Å². The molecular formula is C19H18FN3O. The summed E-state index contributed by atoms with van der Waals surface area (Å²) in [7, 11) is 1.81. The van der Waals surface area contributed by atoms with Crippen molar-refractivity contribution in [3.63, 3.8) is 0 Å². The van der Waals surface area contributed by atoms with Crippen molar-refractivity contribution < 1.29 is 9.18 Å². The molecule has 3 aromatic rings. The van der Waals surface area contributed by atoms with Crippen molar-refractivity contribution in [2.45, 2.75) is 13.5 Å². The Bertz CT molecular complexity index is 913. The number of hydrogen-bond acceptors (Lipinski definition) is 2. The summed E-state index contributed by atoms with van der Waals surface area (Å²) in [5.41, 5.74) is 3.31. The Kier molecular flexibility index (Phi) is 4.42. The van der Waals surface area contributed by atoms with Crippen molar-refractivity contribution in [1.29, 1.82) is 0 Å². The van der Waals surface area contributed by atoms with Gasteiger partial charge in [0.2, 0.25) is 5.91 Å². The summed E-state index contributed by atoms with van der Waals surface area (Å²) in [6, 6.07) is 14.2. The number of fused-ring (bicyclic) bond motifs is 1. The van der Waals surface area contributed by atoms with E-state index in [-0.39, 0.29) is 18.3 Å². The second-order valence-electron chi connectivity index (χ2n) is 5.63. The zero-order chi connectivity index (χ0) is 17.1. The van der Waals surface area contributed by atoms with Crippen molar-refractivity contribution in [1.82, 2.24) is 14.9 Å². The standard InChI is InChI=1S/C19H18FN3O/c1-13(14-6-4-3-5-7-14)10-19(24)21-12-18-22-16-9-8-15(20)11-17(16)23(18)2/h3-11H,12H2,1-2H3,(H,21,24)/b13-10-. The molecule has 0 aliphatic carbocycles. The normalized spacial score (nSPS) is 11.7. The van der Waals surface area contributed by atoms with Gasteiger partial charge in [-0.05, 0) is 36.3 Å². The van der Waals surface area contributed by atoms with Crippen LogP contribution in [0.3, 0.4) is 0 Å². The Balaban J connectivity index is 1.72. The summed E-state index contributed by atoms with van der Waals surface area (Å²) in [5.74, 6) is 0.187. The minimum absolute atomic E-state index is 0.186. The molecule has 1 aromatic heterocycles. The van der Waals surface area contributed by atoms with Gasteiger partial charge in [-0.1, -0.05) is 30.3 Å². The van der Waals surface area contributed by atoms with Crippen molar-refractivity contribution in [3.8, 4) is 0 Å². The van der Waals surface area contributed by atoms with E-state index in [1.165, 1.54) is 12.1 Å². The van der Waals surface area contributed by atoms with E-state index in [0.29, 0.717) is 16.9 Å². The third-order valence-corrected chi connectivity index (χ3v) is 3.93. The summed E-state index contributed by atoms with van der Waals surface area (Å²) in [5, 5.41) is 2.82. The van der Waals surface area contributed by atoms with Crippen LogP contribution in [0.25, 0.3) is 16.6 Å². The van der Waals surface area contributed by atoms with Gasteiger partial charge >= 0.3 is 0 Å². The molecule has 0 saturated heterocycles. The summed E-state index contributed by atoms with van der Waals surface area (Å²) in [6.45, 7) is 2.18. The van der Waals surface area contributed by atoms with E-state index in [0.717, 1.165) is 11.1 Å². The number of nitrogens with one attached hydrogen (secondary N) is 1. The lowest BCUT2D eigenvalue weighted by Crippen LogP contribution is -2.22. The second-order valence-corrected chi connectivity index (χ2v) is 5.63. The van der Waals surface area contributed by atoms with Gasteiger partial charge in [-0.15, -0.1) is 0 Å². The maximum Gasteiger partial charge on any atom is 0.244 e. The largest absolute Gasteiger partial charge is 0.345 e. The molecule has 0 aliphatic rings. The molecule has 0 bridgehead atoms. The Morgan fingerprint density at radius 3 is 2.75 bits per heavy atom. The SMILES string of the molecule is C/C(=C/C(=O)NCc1nc2ccc(F)cc2n1C)c1ccccc1. The van der Waals surface area contributed by atoms with E-state index in [1.54, 1.807) is 23.8 Å². The Labute approximate surface area is 139 Å². The molecule has 2 aromatic carbocycles. The molecule has 0 radical (unpaired) electrons. The van der Waals surface area contributed by atoms with E-state index >= 15 is 0 Å². The van der Waals surface area contributed by atoms with Gasteiger partial charge in [0.05, 0.1) is 17.6 Å². The van der Waals surface area contributed by atoms with Crippen LogP contribution < -0.4 is 5.32 Å². The maximum atomic E-state index is 13.3. The van der Waals surface area contributed by atoms with Crippen LogP contribution in [0, 0.1) is 5.82 Å². The van der Waals surface area contributed by atoms with Crippen LogP contribution in [0.5, 0.6) is 0 Å². The first-order chi connectivity index (χ1) is 11.5. The Morgan fingerprint density at radius 2 is 2.00 bits per heavy atom. The lowest BCUT2D eigenvalue weighted by Gasteiger charge is -2.05. The number of amides is 1. The van der Waals surface area contributed by atoms with Crippen LogP contribution in [0.1, 0.15) is 18.3 Å². The minimum Gasteiger partial charge on any atom is -0.345 e. The van der Waals surface area contributed by atoms with Crippen LogP contribution in [0.15, 0.2) is 54.6 Å². The fraction of sp³-hybridized carbons (Fsp3) is 0.158. The molecule has 0 spiro atoms.